The molecular formula is C27H25F2N5O3S2. The van der Waals surface area contributed by atoms with Gasteiger partial charge in [0.1, 0.15) is 11.6 Å². The normalized spacial score (nSPS) is 13.4. The third kappa shape index (κ3) is 6.64. The van der Waals surface area contributed by atoms with Crippen LogP contribution in [0.2, 0.25) is 0 Å². The van der Waals surface area contributed by atoms with Crippen molar-refractivity contribution in [2.24, 2.45) is 5.14 Å². The van der Waals surface area contributed by atoms with Gasteiger partial charge in [-0.3, -0.25) is 5.32 Å². The summed E-state index contributed by atoms with van der Waals surface area (Å²) in [5.74, 6) is -0.490. The van der Waals surface area contributed by atoms with Crippen molar-refractivity contribution < 1.29 is 22.0 Å². The standard InChI is InChI=1S/C27H25F2N5O3S2/c28-20-7-1-17(2-8-20)24(18-3-9-21(29)10-4-18)15-16-34(22-11-12-22)27(35)32-26-31-25(33-38-26)19-5-13-23(14-6-19)39(30,36)37/h1-10,13-14,22,24H,11-12,15-16H2,(H2,30,36,37)(H,31,32,33,35). The van der Waals surface area contributed by atoms with Gasteiger partial charge in [0, 0.05) is 35.6 Å². The summed E-state index contributed by atoms with van der Waals surface area (Å²) in [6.45, 7) is 0.427. The zero-order chi connectivity index (χ0) is 27.6. The Kier molecular flexibility index (Phi) is 7.69. The summed E-state index contributed by atoms with van der Waals surface area (Å²) in [5.41, 5.74) is 2.34. The number of carbonyl (C=O) groups excluding carboxylic acids is 1. The highest BCUT2D eigenvalue weighted by atomic mass is 32.2. The van der Waals surface area contributed by atoms with Crippen molar-refractivity contribution in [1.29, 1.82) is 0 Å². The van der Waals surface area contributed by atoms with E-state index in [4.69, 9.17) is 5.14 Å². The van der Waals surface area contributed by atoms with Crippen LogP contribution in [0.4, 0.5) is 18.7 Å². The van der Waals surface area contributed by atoms with Crippen LogP contribution >= 0.6 is 11.5 Å². The maximum atomic E-state index is 13.6. The smallest absolute Gasteiger partial charge is 0.321 e. The Hall–Kier alpha value is -3.74. The van der Waals surface area contributed by atoms with Crippen LogP contribution in [0.15, 0.2) is 77.7 Å². The Bertz CT molecular complexity index is 1510. The van der Waals surface area contributed by atoms with Crippen LogP contribution in [-0.2, 0) is 10.0 Å². The zero-order valence-electron chi connectivity index (χ0n) is 20.6. The average molecular weight is 570 g/mol. The molecule has 3 N–H and O–H groups in total. The highest BCUT2D eigenvalue weighted by Gasteiger charge is 2.33. The molecule has 1 fully saturated rings. The Morgan fingerprint density at radius 3 is 2.05 bits per heavy atom. The number of nitrogens with two attached hydrogens (primary N) is 1. The molecule has 1 aliphatic carbocycles. The topological polar surface area (TPSA) is 118 Å². The number of urea groups is 1. The number of aromatic nitrogens is 2. The van der Waals surface area contributed by atoms with E-state index in [0.717, 1.165) is 35.5 Å². The fourth-order valence-corrected chi connectivity index (χ4v) is 5.46. The van der Waals surface area contributed by atoms with Crippen LogP contribution in [0.3, 0.4) is 0 Å². The number of hydrogen-bond acceptors (Lipinski definition) is 6. The second-order valence-electron chi connectivity index (χ2n) is 9.29. The summed E-state index contributed by atoms with van der Waals surface area (Å²) in [6.07, 6.45) is 2.34. The number of nitrogens with one attached hydrogen (secondary N) is 1. The maximum Gasteiger partial charge on any atom is 0.323 e. The first kappa shape index (κ1) is 26.9. The van der Waals surface area contributed by atoms with Gasteiger partial charge in [0.25, 0.3) is 0 Å². The molecule has 12 heteroatoms. The zero-order valence-corrected chi connectivity index (χ0v) is 22.3. The summed E-state index contributed by atoms with van der Waals surface area (Å²) >= 11 is 1.02. The summed E-state index contributed by atoms with van der Waals surface area (Å²) in [5, 5.41) is 8.28. The molecule has 1 aromatic heterocycles. The number of halogens is 2. The largest absolute Gasteiger partial charge is 0.323 e. The first-order chi connectivity index (χ1) is 18.7. The van der Waals surface area contributed by atoms with Gasteiger partial charge in [0.15, 0.2) is 5.82 Å². The summed E-state index contributed by atoms with van der Waals surface area (Å²) in [4.78, 5) is 19.4. The molecule has 3 aromatic carbocycles. The fourth-order valence-electron chi connectivity index (χ4n) is 4.37. The van der Waals surface area contributed by atoms with E-state index in [2.05, 4.69) is 14.7 Å². The van der Waals surface area contributed by atoms with Gasteiger partial charge < -0.3 is 4.90 Å². The minimum atomic E-state index is -3.81. The lowest BCUT2D eigenvalue weighted by Crippen LogP contribution is -2.38. The molecule has 5 rings (SSSR count). The summed E-state index contributed by atoms with van der Waals surface area (Å²) in [6, 6.07) is 18.1. The minimum Gasteiger partial charge on any atom is -0.321 e. The first-order valence-electron chi connectivity index (χ1n) is 12.2. The highest BCUT2D eigenvalue weighted by Crippen LogP contribution is 2.33. The fraction of sp³-hybridized carbons (Fsp3) is 0.222. The van der Waals surface area contributed by atoms with Gasteiger partial charge in [-0.05, 0) is 78.9 Å². The molecule has 39 heavy (non-hydrogen) atoms. The number of primary sulfonamides is 1. The van der Waals surface area contributed by atoms with Crippen molar-refractivity contribution in [2.75, 3.05) is 11.9 Å². The second kappa shape index (κ2) is 11.2. The third-order valence-electron chi connectivity index (χ3n) is 6.53. The van der Waals surface area contributed by atoms with E-state index in [0.29, 0.717) is 29.5 Å². The molecule has 1 heterocycles. The van der Waals surface area contributed by atoms with Gasteiger partial charge in [0.05, 0.1) is 4.90 Å². The van der Waals surface area contributed by atoms with Gasteiger partial charge in [-0.15, -0.1) is 0 Å². The highest BCUT2D eigenvalue weighted by molar-refractivity contribution is 7.89. The van der Waals surface area contributed by atoms with Gasteiger partial charge in [-0.2, -0.15) is 9.36 Å². The average Bonchev–Trinajstić information content (AvgIpc) is 3.65. The number of rotatable bonds is 9. The lowest BCUT2D eigenvalue weighted by atomic mass is 9.88. The molecule has 0 atom stereocenters. The molecule has 1 saturated carbocycles. The van der Waals surface area contributed by atoms with Crippen LogP contribution in [0.1, 0.15) is 36.3 Å². The monoisotopic (exact) mass is 569 g/mol. The number of anilines is 1. The van der Waals surface area contributed by atoms with Crippen LogP contribution < -0.4 is 10.5 Å². The van der Waals surface area contributed by atoms with E-state index in [1.54, 1.807) is 41.3 Å². The Balaban J connectivity index is 1.29. The summed E-state index contributed by atoms with van der Waals surface area (Å²) in [7, 11) is -3.81. The maximum absolute atomic E-state index is 13.6. The molecule has 0 aliphatic heterocycles. The number of amides is 2. The van der Waals surface area contributed by atoms with Crippen LogP contribution in [0.25, 0.3) is 11.4 Å². The second-order valence-corrected chi connectivity index (χ2v) is 11.6. The number of nitrogens with zero attached hydrogens (tertiary/aromatic N) is 3. The van der Waals surface area contributed by atoms with Crippen LogP contribution in [0.5, 0.6) is 0 Å². The lowest BCUT2D eigenvalue weighted by Gasteiger charge is -2.26. The van der Waals surface area contributed by atoms with Crippen molar-refractivity contribution in [2.45, 2.75) is 36.1 Å². The number of sulfonamides is 1. The van der Waals surface area contributed by atoms with E-state index in [1.165, 1.54) is 36.4 Å². The van der Waals surface area contributed by atoms with Gasteiger partial charge in [-0.25, -0.2) is 27.1 Å². The molecule has 0 bridgehead atoms. The predicted octanol–water partition coefficient (Wildman–Crippen LogP) is 5.35. The quantitative estimate of drug-likeness (QED) is 0.282. The molecule has 0 spiro atoms. The molecule has 2 amide bonds. The van der Waals surface area contributed by atoms with Gasteiger partial charge in [-0.1, -0.05) is 24.3 Å². The molecule has 0 unspecified atom stereocenters. The molecule has 0 saturated heterocycles. The Labute approximate surface area is 228 Å². The van der Waals surface area contributed by atoms with E-state index in [9.17, 15) is 22.0 Å². The Morgan fingerprint density at radius 1 is 0.974 bits per heavy atom. The van der Waals surface area contributed by atoms with Gasteiger partial charge in [0.2, 0.25) is 15.2 Å². The van der Waals surface area contributed by atoms with Crippen molar-refractivity contribution >= 4 is 32.7 Å². The van der Waals surface area contributed by atoms with Crippen LogP contribution in [0, 0.1) is 11.6 Å². The predicted molar refractivity (Wildman–Crippen MR) is 145 cm³/mol. The molecule has 202 valence electrons. The van der Waals surface area contributed by atoms with Crippen molar-refractivity contribution in [3.8, 4) is 11.4 Å². The molecular weight excluding hydrogens is 544 g/mol. The Morgan fingerprint density at radius 2 is 1.54 bits per heavy atom. The van der Waals surface area contributed by atoms with Crippen molar-refractivity contribution in [3.05, 3.63) is 95.6 Å². The minimum absolute atomic E-state index is 0.0188. The number of hydrogen-bond donors (Lipinski definition) is 2. The van der Waals surface area contributed by atoms with E-state index < -0.39 is 10.0 Å². The lowest BCUT2D eigenvalue weighted by molar-refractivity contribution is 0.207. The molecule has 1 aliphatic rings. The van der Waals surface area contributed by atoms with Gasteiger partial charge >= 0.3 is 6.03 Å². The number of benzene rings is 3. The van der Waals surface area contributed by atoms with E-state index in [1.807, 2.05) is 0 Å². The van der Waals surface area contributed by atoms with Crippen LogP contribution in [-0.4, -0.2) is 41.3 Å². The number of carbonyl (C=O) groups is 1. The molecule has 0 radical (unpaired) electrons. The van der Waals surface area contributed by atoms with Crippen molar-refractivity contribution in [3.63, 3.8) is 0 Å². The molecule has 8 nitrogen and oxygen atoms in total. The van der Waals surface area contributed by atoms with E-state index in [-0.39, 0.29) is 34.5 Å². The SMILES string of the molecule is NS(=O)(=O)c1ccc(-c2nsc(NC(=O)N(CCC(c3ccc(F)cc3)c3ccc(F)cc3)C3CC3)n2)cc1. The van der Waals surface area contributed by atoms with Crippen molar-refractivity contribution in [1.82, 2.24) is 14.3 Å². The first-order valence-corrected chi connectivity index (χ1v) is 14.5. The van der Waals surface area contributed by atoms with E-state index >= 15 is 0 Å². The third-order valence-corrected chi connectivity index (χ3v) is 8.09. The summed E-state index contributed by atoms with van der Waals surface area (Å²) < 4.78 is 54.4. The molecule has 4 aromatic rings.